The van der Waals surface area contributed by atoms with Crippen molar-refractivity contribution in [3.8, 4) is 0 Å². The first-order valence-electron chi connectivity index (χ1n) is 3.70. The minimum absolute atomic E-state index is 0.222. The van der Waals surface area contributed by atoms with Crippen molar-refractivity contribution in [1.82, 2.24) is 0 Å². The fraction of sp³-hybridized carbons (Fsp3) is 0.375. The van der Waals surface area contributed by atoms with Crippen LogP contribution in [0.15, 0.2) is 15.2 Å². The van der Waals surface area contributed by atoms with Crippen LogP contribution in [-0.4, -0.2) is 13.1 Å². The largest absolute Gasteiger partial charge is 0.469 e. The molecule has 0 spiro atoms. The van der Waals surface area contributed by atoms with Crippen LogP contribution in [0.1, 0.15) is 18.0 Å². The van der Waals surface area contributed by atoms with Gasteiger partial charge in [0.2, 0.25) is 0 Å². The zero-order valence-electron chi connectivity index (χ0n) is 7.12. The molecule has 1 aromatic rings. The molecule has 0 amide bonds. The molecule has 0 aromatic carbocycles. The number of halogens is 1. The Labute approximate surface area is 89.0 Å². The van der Waals surface area contributed by atoms with Crippen molar-refractivity contribution in [2.24, 2.45) is 5.73 Å². The van der Waals surface area contributed by atoms with Crippen molar-refractivity contribution in [1.29, 1.82) is 0 Å². The van der Waals surface area contributed by atoms with Crippen LogP contribution in [0.25, 0.3) is 0 Å². The first kappa shape index (κ1) is 10.7. The molecule has 1 heterocycles. The summed E-state index contributed by atoms with van der Waals surface area (Å²) in [6, 6.07) is 1.65. The summed E-state index contributed by atoms with van der Waals surface area (Å²) in [5.74, 6) is -0.283. The SMILES string of the molecule is COC(=O)C[C@H](N)c1csc(Br)c1. The fourth-order valence-corrected chi connectivity index (χ4v) is 2.14. The van der Waals surface area contributed by atoms with Gasteiger partial charge in [0, 0.05) is 6.04 Å². The van der Waals surface area contributed by atoms with Gasteiger partial charge in [-0.15, -0.1) is 11.3 Å². The highest BCUT2D eigenvalue weighted by molar-refractivity contribution is 9.11. The predicted octanol–water partition coefficient (Wildman–Crippen LogP) is 2.07. The Morgan fingerprint density at radius 1 is 1.85 bits per heavy atom. The summed E-state index contributed by atoms with van der Waals surface area (Å²) in [6.45, 7) is 0. The molecule has 2 N–H and O–H groups in total. The van der Waals surface area contributed by atoms with E-state index in [1.165, 1.54) is 7.11 Å². The lowest BCUT2D eigenvalue weighted by molar-refractivity contribution is -0.141. The van der Waals surface area contributed by atoms with Gasteiger partial charge in [0.25, 0.3) is 0 Å². The Morgan fingerprint density at radius 2 is 2.54 bits per heavy atom. The number of methoxy groups -OCH3 is 1. The van der Waals surface area contributed by atoms with Crippen LogP contribution in [0.5, 0.6) is 0 Å². The van der Waals surface area contributed by atoms with Crippen LogP contribution in [0.2, 0.25) is 0 Å². The highest BCUT2D eigenvalue weighted by Gasteiger charge is 2.12. The number of thiophene rings is 1. The van der Waals surface area contributed by atoms with Gasteiger partial charge < -0.3 is 10.5 Å². The Hall–Kier alpha value is -0.390. The van der Waals surface area contributed by atoms with Crippen LogP contribution in [-0.2, 0) is 9.53 Å². The molecule has 0 aliphatic carbocycles. The van der Waals surface area contributed by atoms with Crippen molar-refractivity contribution in [3.05, 3.63) is 20.8 Å². The molecule has 1 aromatic heterocycles. The predicted molar refractivity (Wildman–Crippen MR) is 55.6 cm³/mol. The molecular formula is C8H10BrNO2S. The Balaban J connectivity index is 2.58. The highest BCUT2D eigenvalue weighted by atomic mass is 79.9. The number of ether oxygens (including phenoxy) is 1. The topological polar surface area (TPSA) is 52.3 Å². The summed E-state index contributed by atoms with van der Waals surface area (Å²) in [5.41, 5.74) is 6.73. The maximum absolute atomic E-state index is 10.9. The highest BCUT2D eigenvalue weighted by Crippen LogP contribution is 2.25. The molecule has 0 unspecified atom stereocenters. The van der Waals surface area contributed by atoms with Crippen LogP contribution >= 0.6 is 27.3 Å². The monoisotopic (exact) mass is 263 g/mol. The van der Waals surface area contributed by atoms with Crippen LogP contribution < -0.4 is 5.73 Å². The molecule has 3 nitrogen and oxygen atoms in total. The number of nitrogens with two attached hydrogens (primary N) is 1. The minimum atomic E-state index is -0.283. The Bertz CT molecular complexity index is 300. The molecule has 0 radical (unpaired) electrons. The van der Waals surface area contributed by atoms with Crippen molar-refractivity contribution in [2.75, 3.05) is 7.11 Å². The van der Waals surface area contributed by atoms with E-state index < -0.39 is 0 Å². The lowest BCUT2D eigenvalue weighted by Crippen LogP contribution is -2.15. The van der Waals surface area contributed by atoms with Gasteiger partial charge in [-0.3, -0.25) is 4.79 Å². The normalized spacial score (nSPS) is 12.5. The first-order valence-corrected chi connectivity index (χ1v) is 5.37. The number of esters is 1. The van der Waals surface area contributed by atoms with Crippen molar-refractivity contribution < 1.29 is 9.53 Å². The molecule has 13 heavy (non-hydrogen) atoms. The molecule has 0 fully saturated rings. The van der Waals surface area contributed by atoms with Crippen LogP contribution in [0, 0.1) is 0 Å². The third-order valence-electron chi connectivity index (χ3n) is 1.63. The lowest BCUT2D eigenvalue weighted by Gasteiger charge is -2.06. The van der Waals surface area contributed by atoms with Crippen LogP contribution in [0.4, 0.5) is 0 Å². The van der Waals surface area contributed by atoms with Gasteiger partial charge in [0.1, 0.15) is 0 Å². The minimum Gasteiger partial charge on any atom is -0.469 e. The molecule has 0 bridgehead atoms. The van der Waals surface area contributed by atoms with Gasteiger partial charge in [0.15, 0.2) is 0 Å². The quantitative estimate of drug-likeness (QED) is 0.850. The average Bonchev–Trinajstić information content (AvgIpc) is 2.51. The molecule has 1 rings (SSSR count). The second kappa shape index (κ2) is 4.74. The van der Waals surface area contributed by atoms with Gasteiger partial charge in [-0.05, 0) is 32.9 Å². The van der Waals surface area contributed by atoms with E-state index in [0.717, 1.165) is 9.35 Å². The molecule has 1 atom stereocenters. The Kier molecular flexibility index (Phi) is 3.90. The smallest absolute Gasteiger partial charge is 0.307 e. The molecule has 72 valence electrons. The number of hydrogen-bond donors (Lipinski definition) is 1. The van der Waals surface area contributed by atoms with E-state index in [0.29, 0.717) is 0 Å². The maximum atomic E-state index is 10.9. The van der Waals surface area contributed by atoms with Gasteiger partial charge >= 0.3 is 5.97 Å². The van der Waals surface area contributed by atoms with Gasteiger partial charge in [-0.1, -0.05) is 0 Å². The summed E-state index contributed by atoms with van der Waals surface area (Å²) in [6.07, 6.45) is 0.222. The molecule has 5 heteroatoms. The lowest BCUT2D eigenvalue weighted by atomic mass is 10.1. The Morgan fingerprint density at radius 3 is 3.00 bits per heavy atom. The zero-order valence-corrected chi connectivity index (χ0v) is 9.52. The standard InChI is InChI=1S/C8H10BrNO2S/c1-12-8(11)3-6(10)5-2-7(9)13-4-5/h2,4,6H,3,10H2,1H3/t6-/m0/s1. The van der Waals surface area contributed by atoms with Crippen molar-refractivity contribution in [3.63, 3.8) is 0 Å². The molecular weight excluding hydrogens is 254 g/mol. The summed E-state index contributed by atoms with van der Waals surface area (Å²) in [7, 11) is 1.36. The summed E-state index contributed by atoms with van der Waals surface area (Å²) < 4.78 is 5.54. The van der Waals surface area contributed by atoms with Gasteiger partial charge in [0.05, 0.1) is 17.3 Å². The molecule has 0 saturated carbocycles. The van der Waals surface area contributed by atoms with Crippen LogP contribution in [0.3, 0.4) is 0 Å². The summed E-state index contributed by atoms with van der Waals surface area (Å²) in [5, 5.41) is 1.93. The second-order valence-corrected chi connectivity index (χ2v) is 4.86. The zero-order chi connectivity index (χ0) is 9.84. The second-order valence-electron chi connectivity index (χ2n) is 2.57. The summed E-state index contributed by atoms with van der Waals surface area (Å²) >= 11 is 4.88. The number of carbonyl (C=O) groups excluding carboxylic acids is 1. The maximum Gasteiger partial charge on any atom is 0.307 e. The molecule has 0 saturated heterocycles. The van der Waals surface area contributed by atoms with Gasteiger partial charge in [-0.2, -0.15) is 0 Å². The average molecular weight is 264 g/mol. The van der Waals surface area contributed by atoms with E-state index in [9.17, 15) is 4.79 Å². The third kappa shape index (κ3) is 3.10. The first-order chi connectivity index (χ1) is 6.13. The number of rotatable bonds is 3. The van der Waals surface area contributed by atoms with E-state index in [-0.39, 0.29) is 18.4 Å². The summed E-state index contributed by atoms with van der Waals surface area (Å²) in [4.78, 5) is 10.9. The van der Waals surface area contributed by atoms with E-state index in [1.54, 1.807) is 11.3 Å². The third-order valence-corrected chi connectivity index (χ3v) is 3.15. The van der Waals surface area contributed by atoms with Crippen molar-refractivity contribution in [2.45, 2.75) is 12.5 Å². The molecule has 0 aliphatic rings. The van der Waals surface area contributed by atoms with E-state index >= 15 is 0 Å². The van der Waals surface area contributed by atoms with Crippen molar-refractivity contribution >= 4 is 33.2 Å². The number of carbonyl (C=O) groups is 1. The van der Waals surface area contributed by atoms with E-state index in [2.05, 4.69) is 20.7 Å². The number of hydrogen-bond acceptors (Lipinski definition) is 4. The molecule has 0 aliphatic heterocycles. The fourth-order valence-electron chi connectivity index (χ4n) is 0.899. The van der Waals surface area contributed by atoms with Gasteiger partial charge in [-0.25, -0.2) is 0 Å². The van der Waals surface area contributed by atoms with E-state index in [1.807, 2.05) is 11.4 Å². The van der Waals surface area contributed by atoms with E-state index in [4.69, 9.17) is 5.73 Å².